The molecule has 1 N–H and O–H groups in total. The van der Waals surface area contributed by atoms with Crippen molar-refractivity contribution in [2.24, 2.45) is 0 Å². The third kappa shape index (κ3) is 4.15. The quantitative estimate of drug-likeness (QED) is 0.830. The zero-order chi connectivity index (χ0) is 15.2. The summed E-state index contributed by atoms with van der Waals surface area (Å²) in [6.07, 6.45) is 1.80. The summed E-state index contributed by atoms with van der Waals surface area (Å²) >= 11 is 0. The smallest absolute Gasteiger partial charge is 0.236 e. The van der Waals surface area contributed by atoms with Crippen molar-refractivity contribution in [2.75, 3.05) is 51.3 Å². The number of carbonyl (C=O) groups is 1. The van der Waals surface area contributed by atoms with Crippen molar-refractivity contribution in [3.63, 3.8) is 0 Å². The Hall–Kier alpha value is -1.66. The first-order chi connectivity index (χ1) is 10.1. The number of aromatic nitrogens is 1. The third-order valence-electron chi connectivity index (χ3n) is 4.02. The number of piperazine rings is 1. The fourth-order valence-corrected chi connectivity index (χ4v) is 2.35. The number of aliphatic hydroxyl groups is 1. The molecule has 6 heteroatoms. The molecule has 1 aromatic heterocycles. The van der Waals surface area contributed by atoms with E-state index in [0.717, 1.165) is 32.0 Å². The van der Waals surface area contributed by atoms with E-state index in [9.17, 15) is 4.79 Å². The van der Waals surface area contributed by atoms with E-state index in [-0.39, 0.29) is 18.6 Å². The monoisotopic (exact) mass is 292 g/mol. The molecule has 0 spiro atoms. The van der Waals surface area contributed by atoms with Crippen molar-refractivity contribution >= 4 is 11.7 Å². The van der Waals surface area contributed by atoms with E-state index in [4.69, 9.17) is 5.11 Å². The maximum atomic E-state index is 12.1. The highest BCUT2D eigenvalue weighted by Gasteiger charge is 2.22. The predicted octanol–water partition coefficient (Wildman–Crippen LogP) is 0.0428. The van der Waals surface area contributed by atoms with Crippen molar-refractivity contribution in [3.05, 3.63) is 24.4 Å². The Morgan fingerprint density at radius 2 is 2.10 bits per heavy atom. The Labute approximate surface area is 126 Å². The first-order valence-corrected chi connectivity index (χ1v) is 7.36. The van der Waals surface area contributed by atoms with Gasteiger partial charge in [-0.15, -0.1) is 0 Å². The van der Waals surface area contributed by atoms with Gasteiger partial charge in [0.05, 0.1) is 19.2 Å². The van der Waals surface area contributed by atoms with Crippen LogP contribution >= 0.6 is 0 Å². The molecule has 116 valence electrons. The van der Waals surface area contributed by atoms with Crippen LogP contribution in [0.15, 0.2) is 24.4 Å². The molecule has 1 unspecified atom stereocenters. The van der Waals surface area contributed by atoms with Gasteiger partial charge >= 0.3 is 0 Å². The fourth-order valence-electron chi connectivity index (χ4n) is 2.35. The number of amides is 1. The Morgan fingerprint density at radius 3 is 2.67 bits per heavy atom. The Bertz CT molecular complexity index is 446. The number of anilines is 1. The summed E-state index contributed by atoms with van der Waals surface area (Å²) in [4.78, 5) is 22.5. The molecule has 1 aromatic rings. The fraction of sp³-hybridized carbons (Fsp3) is 0.600. The highest BCUT2D eigenvalue weighted by molar-refractivity contribution is 5.78. The summed E-state index contributed by atoms with van der Waals surface area (Å²) < 4.78 is 0. The van der Waals surface area contributed by atoms with Crippen LogP contribution in [-0.2, 0) is 4.79 Å². The molecule has 2 heterocycles. The van der Waals surface area contributed by atoms with Gasteiger partial charge in [0.1, 0.15) is 5.82 Å². The highest BCUT2D eigenvalue weighted by Crippen LogP contribution is 2.12. The van der Waals surface area contributed by atoms with E-state index in [1.807, 2.05) is 25.1 Å². The lowest BCUT2D eigenvalue weighted by Gasteiger charge is -2.36. The molecule has 1 saturated heterocycles. The lowest BCUT2D eigenvalue weighted by atomic mass is 10.2. The molecule has 0 bridgehead atoms. The zero-order valence-corrected chi connectivity index (χ0v) is 12.8. The van der Waals surface area contributed by atoms with Gasteiger partial charge in [-0.25, -0.2) is 4.98 Å². The Morgan fingerprint density at radius 1 is 1.38 bits per heavy atom. The minimum absolute atomic E-state index is 0.00427. The van der Waals surface area contributed by atoms with Crippen LogP contribution < -0.4 is 4.90 Å². The second-order valence-corrected chi connectivity index (χ2v) is 5.49. The van der Waals surface area contributed by atoms with Crippen LogP contribution in [0.1, 0.15) is 6.92 Å². The van der Waals surface area contributed by atoms with E-state index in [1.165, 1.54) is 0 Å². The molecule has 21 heavy (non-hydrogen) atoms. The normalized spacial score (nSPS) is 17.6. The number of likely N-dealkylation sites (N-methyl/N-ethyl adjacent to an activating group) is 1. The summed E-state index contributed by atoms with van der Waals surface area (Å²) in [5.74, 6) is 1.05. The van der Waals surface area contributed by atoms with Crippen molar-refractivity contribution in [1.29, 1.82) is 0 Å². The van der Waals surface area contributed by atoms with Crippen LogP contribution in [0.3, 0.4) is 0 Å². The van der Waals surface area contributed by atoms with Gasteiger partial charge in [0.25, 0.3) is 0 Å². The van der Waals surface area contributed by atoms with Gasteiger partial charge in [0.15, 0.2) is 0 Å². The van der Waals surface area contributed by atoms with Crippen molar-refractivity contribution in [3.8, 4) is 0 Å². The predicted molar refractivity (Wildman–Crippen MR) is 82.2 cm³/mol. The van der Waals surface area contributed by atoms with Crippen LogP contribution in [0, 0.1) is 0 Å². The molecule has 1 aliphatic rings. The van der Waals surface area contributed by atoms with Gasteiger partial charge in [-0.05, 0) is 19.1 Å². The zero-order valence-electron chi connectivity index (χ0n) is 12.8. The largest absolute Gasteiger partial charge is 0.394 e. The number of pyridine rings is 1. The molecule has 1 fully saturated rings. The lowest BCUT2D eigenvalue weighted by Crippen LogP contribution is -2.51. The molecule has 1 atom stereocenters. The van der Waals surface area contributed by atoms with Crippen LogP contribution in [-0.4, -0.2) is 78.2 Å². The van der Waals surface area contributed by atoms with E-state index in [0.29, 0.717) is 6.54 Å². The summed E-state index contributed by atoms with van der Waals surface area (Å²) in [6, 6.07) is 5.78. The lowest BCUT2D eigenvalue weighted by molar-refractivity contribution is -0.133. The summed E-state index contributed by atoms with van der Waals surface area (Å²) in [6.45, 7) is 5.71. The van der Waals surface area contributed by atoms with Gasteiger partial charge in [0.2, 0.25) is 5.91 Å². The van der Waals surface area contributed by atoms with Gasteiger partial charge in [-0.2, -0.15) is 0 Å². The molecule has 6 nitrogen and oxygen atoms in total. The van der Waals surface area contributed by atoms with E-state index < -0.39 is 0 Å². The van der Waals surface area contributed by atoms with Gasteiger partial charge in [-0.1, -0.05) is 6.07 Å². The first-order valence-electron chi connectivity index (χ1n) is 7.36. The molecule has 0 aromatic carbocycles. The molecular weight excluding hydrogens is 268 g/mol. The molecule has 0 radical (unpaired) electrons. The molecule has 2 rings (SSSR count). The molecule has 0 aliphatic carbocycles. The standard InChI is InChI=1S/C15H24N4O2/c1-13(12-20)17(2)15(21)11-18-7-9-19(10-8-18)14-5-3-4-6-16-14/h3-6,13,20H,7-12H2,1-2H3. The molecule has 1 aliphatic heterocycles. The van der Waals surface area contributed by atoms with Gasteiger partial charge in [-0.3, -0.25) is 9.69 Å². The Balaban J connectivity index is 1.80. The number of hydrogen-bond acceptors (Lipinski definition) is 5. The van der Waals surface area contributed by atoms with Crippen LogP contribution in [0.4, 0.5) is 5.82 Å². The van der Waals surface area contributed by atoms with Crippen molar-refractivity contribution < 1.29 is 9.90 Å². The topological polar surface area (TPSA) is 59.9 Å². The van der Waals surface area contributed by atoms with Crippen molar-refractivity contribution in [2.45, 2.75) is 13.0 Å². The number of aliphatic hydroxyl groups excluding tert-OH is 1. The average Bonchev–Trinajstić information content (AvgIpc) is 2.54. The first kappa shape index (κ1) is 15.7. The van der Waals surface area contributed by atoms with Crippen LogP contribution in [0.2, 0.25) is 0 Å². The molecule has 1 amide bonds. The highest BCUT2D eigenvalue weighted by atomic mass is 16.3. The summed E-state index contributed by atoms with van der Waals surface area (Å²) in [5.41, 5.74) is 0. The Kier molecular flexibility index (Phi) is 5.52. The second-order valence-electron chi connectivity index (χ2n) is 5.49. The number of nitrogens with zero attached hydrogens (tertiary/aromatic N) is 4. The van der Waals surface area contributed by atoms with E-state index in [1.54, 1.807) is 18.1 Å². The van der Waals surface area contributed by atoms with Gasteiger partial charge in [0, 0.05) is 39.4 Å². The molecular formula is C15H24N4O2. The average molecular weight is 292 g/mol. The second kappa shape index (κ2) is 7.38. The number of rotatable bonds is 5. The van der Waals surface area contributed by atoms with Crippen LogP contribution in [0.5, 0.6) is 0 Å². The van der Waals surface area contributed by atoms with Crippen molar-refractivity contribution in [1.82, 2.24) is 14.8 Å². The maximum Gasteiger partial charge on any atom is 0.236 e. The van der Waals surface area contributed by atoms with Gasteiger partial charge < -0.3 is 14.9 Å². The number of carbonyl (C=O) groups excluding carboxylic acids is 1. The van der Waals surface area contributed by atoms with Crippen LogP contribution in [0.25, 0.3) is 0 Å². The van der Waals surface area contributed by atoms with E-state index in [2.05, 4.69) is 14.8 Å². The summed E-state index contributed by atoms with van der Waals surface area (Å²) in [5, 5.41) is 9.10. The number of hydrogen-bond donors (Lipinski definition) is 1. The maximum absolute atomic E-state index is 12.1. The minimum Gasteiger partial charge on any atom is -0.394 e. The van der Waals surface area contributed by atoms with E-state index >= 15 is 0 Å². The summed E-state index contributed by atoms with van der Waals surface area (Å²) in [7, 11) is 1.74. The molecule has 0 saturated carbocycles. The third-order valence-corrected chi connectivity index (χ3v) is 4.02. The minimum atomic E-state index is -0.132. The SMILES string of the molecule is CC(CO)N(C)C(=O)CN1CCN(c2ccccn2)CC1.